The number of anilines is 1. The number of hydrogen-bond donors (Lipinski definition) is 1. The number of hydrazine groups is 1. The van der Waals surface area contributed by atoms with Gasteiger partial charge in [-0.15, -0.1) is 0 Å². The number of rotatable bonds is 8. The van der Waals surface area contributed by atoms with Crippen LogP contribution in [0.4, 0.5) is 5.69 Å². The molecule has 1 saturated heterocycles. The molecule has 0 atom stereocenters. The van der Waals surface area contributed by atoms with Gasteiger partial charge in [-0.1, -0.05) is 42.5 Å². The van der Waals surface area contributed by atoms with Crippen LogP contribution in [0.2, 0.25) is 0 Å². The maximum Gasteiger partial charge on any atom is 0.282 e. The fourth-order valence-electron chi connectivity index (χ4n) is 3.20. The summed E-state index contributed by atoms with van der Waals surface area (Å²) in [5.74, 6) is 0.924. The largest absolute Gasteiger partial charge is 0.493 e. The second-order valence-electron chi connectivity index (χ2n) is 6.90. The number of ether oxygens (including phenoxy) is 3. The first-order valence-corrected chi connectivity index (χ1v) is 10.1. The second kappa shape index (κ2) is 9.70. The zero-order chi connectivity index (χ0) is 22.3. The summed E-state index contributed by atoms with van der Waals surface area (Å²) >= 11 is 0. The maximum atomic E-state index is 12.7. The van der Waals surface area contributed by atoms with Crippen LogP contribution in [-0.2, 0) is 9.59 Å². The highest BCUT2D eigenvalue weighted by Crippen LogP contribution is 2.30. The topological polar surface area (TPSA) is 77.1 Å². The first-order chi connectivity index (χ1) is 15.7. The third-order valence-electron chi connectivity index (χ3n) is 4.76. The van der Waals surface area contributed by atoms with Gasteiger partial charge in [-0.05, 0) is 48.0 Å². The monoisotopic (exact) mass is 430 g/mol. The van der Waals surface area contributed by atoms with Crippen molar-refractivity contribution in [2.45, 2.75) is 0 Å². The molecule has 7 heteroatoms. The van der Waals surface area contributed by atoms with Crippen LogP contribution in [0.5, 0.6) is 17.2 Å². The number of carbonyl (C=O) groups excluding carboxylic acids is 2. The summed E-state index contributed by atoms with van der Waals surface area (Å²) in [4.78, 5) is 25.1. The molecule has 0 radical (unpaired) electrons. The summed E-state index contributed by atoms with van der Waals surface area (Å²) in [7, 11) is 1.53. The van der Waals surface area contributed by atoms with Crippen molar-refractivity contribution in [1.29, 1.82) is 0 Å². The molecular formula is C25H22N2O5. The highest BCUT2D eigenvalue weighted by Gasteiger charge is 2.34. The van der Waals surface area contributed by atoms with Gasteiger partial charge >= 0.3 is 0 Å². The van der Waals surface area contributed by atoms with Gasteiger partial charge in [0.15, 0.2) is 11.5 Å². The zero-order valence-corrected chi connectivity index (χ0v) is 17.5. The number of nitrogens with zero attached hydrogens (tertiary/aromatic N) is 1. The Morgan fingerprint density at radius 2 is 1.53 bits per heavy atom. The minimum atomic E-state index is -0.462. The fraction of sp³-hybridized carbons (Fsp3) is 0.120. The molecule has 0 spiro atoms. The zero-order valence-electron chi connectivity index (χ0n) is 17.5. The molecule has 3 aromatic carbocycles. The molecule has 0 saturated carbocycles. The van der Waals surface area contributed by atoms with E-state index in [0.717, 1.165) is 5.75 Å². The molecule has 1 fully saturated rings. The van der Waals surface area contributed by atoms with Gasteiger partial charge in [-0.2, -0.15) is 0 Å². The van der Waals surface area contributed by atoms with Crippen molar-refractivity contribution >= 4 is 23.6 Å². The first kappa shape index (κ1) is 21.0. The summed E-state index contributed by atoms with van der Waals surface area (Å²) < 4.78 is 16.8. The van der Waals surface area contributed by atoms with Gasteiger partial charge < -0.3 is 14.2 Å². The molecule has 1 aliphatic rings. The SMILES string of the molecule is COc1cc(/C=C2\C(=O)NN(c3ccccc3)C2=O)ccc1OCCOc1ccccc1. The van der Waals surface area contributed by atoms with E-state index in [1.165, 1.54) is 18.2 Å². The highest BCUT2D eigenvalue weighted by molar-refractivity contribution is 6.31. The lowest BCUT2D eigenvalue weighted by Crippen LogP contribution is -2.35. The Bertz CT molecular complexity index is 1130. The molecule has 1 N–H and O–H groups in total. The predicted molar refractivity (Wildman–Crippen MR) is 120 cm³/mol. The van der Waals surface area contributed by atoms with Crippen LogP contribution in [0.15, 0.2) is 84.4 Å². The van der Waals surface area contributed by atoms with Crippen LogP contribution in [-0.4, -0.2) is 32.1 Å². The number of nitrogens with one attached hydrogen (secondary N) is 1. The third-order valence-corrected chi connectivity index (χ3v) is 4.76. The minimum Gasteiger partial charge on any atom is -0.493 e. The van der Waals surface area contributed by atoms with E-state index in [-0.39, 0.29) is 5.57 Å². The van der Waals surface area contributed by atoms with Crippen LogP contribution in [0.1, 0.15) is 5.56 Å². The van der Waals surface area contributed by atoms with Crippen molar-refractivity contribution < 1.29 is 23.8 Å². The summed E-state index contributed by atoms with van der Waals surface area (Å²) in [6, 6.07) is 23.6. The van der Waals surface area contributed by atoms with Crippen molar-refractivity contribution in [2.75, 3.05) is 25.3 Å². The minimum absolute atomic E-state index is 0.0424. The lowest BCUT2D eigenvalue weighted by molar-refractivity contribution is -0.117. The standard InChI is InChI=1S/C25H22N2O5/c1-30-23-17-18(12-13-22(23)32-15-14-31-20-10-6-3-7-11-20)16-21-24(28)26-27(25(21)29)19-8-4-2-5-9-19/h2-13,16-17H,14-15H2,1H3,(H,26,28)/b21-16+. The van der Waals surface area contributed by atoms with E-state index in [9.17, 15) is 9.59 Å². The Balaban J connectivity index is 1.43. The molecule has 1 aliphatic heterocycles. The van der Waals surface area contributed by atoms with Crippen LogP contribution in [0, 0.1) is 0 Å². The molecule has 162 valence electrons. The smallest absolute Gasteiger partial charge is 0.282 e. The molecule has 7 nitrogen and oxygen atoms in total. The van der Waals surface area contributed by atoms with Gasteiger partial charge in [0.05, 0.1) is 12.8 Å². The summed E-state index contributed by atoms with van der Waals surface area (Å²) in [5.41, 5.74) is 3.86. The molecule has 0 aromatic heterocycles. The Morgan fingerprint density at radius 3 is 2.25 bits per heavy atom. The van der Waals surface area contributed by atoms with E-state index in [2.05, 4.69) is 5.43 Å². The van der Waals surface area contributed by atoms with Crippen LogP contribution >= 0.6 is 0 Å². The van der Waals surface area contributed by atoms with E-state index in [1.807, 2.05) is 36.4 Å². The summed E-state index contributed by atoms with van der Waals surface area (Å²) in [5, 5.41) is 1.23. The van der Waals surface area contributed by atoms with Crippen molar-refractivity contribution in [2.24, 2.45) is 0 Å². The van der Waals surface area contributed by atoms with Gasteiger partial charge in [0, 0.05) is 0 Å². The Morgan fingerprint density at radius 1 is 0.844 bits per heavy atom. The van der Waals surface area contributed by atoms with Gasteiger partial charge in [-0.3, -0.25) is 15.0 Å². The lowest BCUT2D eigenvalue weighted by atomic mass is 10.1. The highest BCUT2D eigenvalue weighted by atomic mass is 16.5. The summed E-state index contributed by atoms with van der Waals surface area (Å²) in [6.45, 7) is 0.710. The fourth-order valence-corrected chi connectivity index (χ4v) is 3.20. The number of para-hydroxylation sites is 2. The normalized spacial score (nSPS) is 14.4. The molecule has 4 rings (SSSR count). The quantitative estimate of drug-likeness (QED) is 0.336. The van der Waals surface area contributed by atoms with Crippen LogP contribution in [0.25, 0.3) is 6.08 Å². The summed E-state index contributed by atoms with van der Waals surface area (Å²) in [6.07, 6.45) is 1.53. The van der Waals surface area contributed by atoms with Crippen LogP contribution < -0.4 is 24.6 Å². The Labute approximate surface area is 185 Å². The van der Waals surface area contributed by atoms with Gasteiger partial charge in [0.25, 0.3) is 11.8 Å². The van der Waals surface area contributed by atoms with Crippen molar-refractivity contribution in [3.63, 3.8) is 0 Å². The number of hydrogen-bond acceptors (Lipinski definition) is 5. The Hall–Kier alpha value is -4.26. The van der Waals surface area contributed by atoms with E-state index in [4.69, 9.17) is 14.2 Å². The van der Waals surface area contributed by atoms with Crippen molar-refractivity contribution in [1.82, 2.24) is 5.43 Å². The second-order valence-corrected chi connectivity index (χ2v) is 6.90. The average Bonchev–Trinajstić information content (AvgIpc) is 3.12. The average molecular weight is 430 g/mol. The number of methoxy groups -OCH3 is 1. The predicted octanol–water partition coefficient (Wildman–Crippen LogP) is 3.61. The molecule has 1 heterocycles. The molecule has 3 aromatic rings. The molecule has 0 unspecified atom stereocenters. The Kier molecular flexibility index (Phi) is 6.36. The maximum absolute atomic E-state index is 12.7. The van der Waals surface area contributed by atoms with Gasteiger partial charge in [0.2, 0.25) is 0 Å². The van der Waals surface area contributed by atoms with Crippen LogP contribution in [0.3, 0.4) is 0 Å². The van der Waals surface area contributed by atoms with Gasteiger partial charge in [0.1, 0.15) is 24.5 Å². The van der Waals surface area contributed by atoms with E-state index < -0.39 is 11.8 Å². The van der Waals surface area contributed by atoms with Gasteiger partial charge in [-0.25, -0.2) is 5.01 Å². The number of carbonyl (C=O) groups is 2. The molecule has 0 bridgehead atoms. The van der Waals surface area contributed by atoms with E-state index >= 15 is 0 Å². The van der Waals surface area contributed by atoms with Crippen molar-refractivity contribution in [3.8, 4) is 17.2 Å². The number of benzene rings is 3. The lowest BCUT2D eigenvalue weighted by Gasteiger charge is -2.14. The molecule has 2 amide bonds. The molecular weight excluding hydrogens is 408 g/mol. The number of amides is 2. The molecule has 0 aliphatic carbocycles. The van der Waals surface area contributed by atoms with Crippen molar-refractivity contribution in [3.05, 3.63) is 90.0 Å². The first-order valence-electron chi connectivity index (χ1n) is 10.1. The third kappa shape index (κ3) is 4.73. The van der Waals surface area contributed by atoms with E-state index in [0.29, 0.717) is 36.0 Å². The van der Waals surface area contributed by atoms with E-state index in [1.54, 1.807) is 42.5 Å². The molecule has 32 heavy (non-hydrogen) atoms.